The summed E-state index contributed by atoms with van der Waals surface area (Å²) in [5, 5.41) is 24.5. The van der Waals surface area contributed by atoms with E-state index >= 15 is 0 Å². The number of allylic oxidation sites excluding steroid dienone is 1. The van der Waals surface area contributed by atoms with E-state index in [0.717, 1.165) is 68.1 Å². The first-order chi connectivity index (χ1) is 26.9. The van der Waals surface area contributed by atoms with Gasteiger partial charge < -0.3 is 38.9 Å². The van der Waals surface area contributed by atoms with Crippen LogP contribution in [0.2, 0.25) is 0 Å². The molecule has 55 heavy (non-hydrogen) atoms. The van der Waals surface area contributed by atoms with Gasteiger partial charge >= 0.3 is 0 Å². The van der Waals surface area contributed by atoms with E-state index in [2.05, 4.69) is 19.6 Å². The van der Waals surface area contributed by atoms with Gasteiger partial charge in [-0.1, -0.05) is 37.1 Å². The second kappa shape index (κ2) is 18.6. The van der Waals surface area contributed by atoms with Gasteiger partial charge in [0.1, 0.15) is 35.6 Å². The standard InChI is InChI=1S/C44H58N2O9/c1-5-20-46(43(50)29-14-15-29)40-27-37(45-53-7-3)35-25-30(12-8-10-21-47)34(13-9-11-22-48)41-36-26-33(54-32-16-18-38(51-4)31(24-32)28-49)17-19-39(36)55-44(40,42(35)41)52-23-6-2/h6,16-19,24-26,28-30,34,40-42,47-48H,2,5,7-15,20-23,27H2,1,3-4H3/t30-,34+,40-,41+,42+,44+/m0/s1. The van der Waals surface area contributed by atoms with Gasteiger partial charge in [0.15, 0.2) is 6.29 Å². The van der Waals surface area contributed by atoms with E-state index in [4.69, 9.17) is 28.9 Å². The van der Waals surface area contributed by atoms with Gasteiger partial charge in [-0.15, -0.1) is 6.58 Å². The number of carbonyl (C=O) groups excluding carboxylic acids is 2. The number of methoxy groups -OCH3 is 1. The first-order valence-electron chi connectivity index (χ1n) is 20.2. The maximum absolute atomic E-state index is 14.3. The average molecular weight is 759 g/mol. The van der Waals surface area contributed by atoms with Crippen molar-refractivity contribution in [2.75, 3.05) is 40.1 Å². The van der Waals surface area contributed by atoms with Crippen LogP contribution >= 0.6 is 0 Å². The second-order valence-electron chi connectivity index (χ2n) is 15.1. The van der Waals surface area contributed by atoms with Crippen molar-refractivity contribution in [3.05, 3.63) is 71.8 Å². The van der Waals surface area contributed by atoms with Crippen LogP contribution in [0.25, 0.3) is 0 Å². The zero-order valence-corrected chi connectivity index (χ0v) is 32.6. The van der Waals surface area contributed by atoms with Gasteiger partial charge in [0.2, 0.25) is 11.7 Å². The van der Waals surface area contributed by atoms with Crippen LogP contribution in [0.1, 0.15) is 99.9 Å². The normalized spacial score (nSPS) is 25.9. The molecule has 2 aromatic carbocycles. The zero-order valence-electron chi connectivity index (χ0n) is 32.6. The Hall–Kier alpha value is -4.19. The smallest absolute Gasteiger partial charge is 0.239 e. The summed E-state index contributed by atoms with van der Waals surface area (Å²) in [4.78, 5) is 33.9. The predicted octanol–water partition coefficient (Wildman–Crippen LogP) is 7.60. The van der Waals surface area contributed by atoms with Crippen molar-refractivity contribution in [1.82, 2.24) is 4.90 Å². The van der Waals surface area contributed by atoms with Gasteiger partial charge in [-0.25, -0.2) is 0 Å². The maximum Gasteiger partial charge on any atom is 0.239 e. The van der Waals surface area contributed by atoms with Crippen LogP contribution in [0.15, 0.2) is 65.9 Å². The molecule has 0 saturated heterocycles. The number of rotatable bonds is 21. The first-order valence-corrected chi connectivity index (χ1v) is 20.2. The lowest BCUT2D eigenvalue weighted by atomic mass is 9.55. The lowest BCUT2D eigenvalue weighted by Gasteiger charge is -2.60. The Bertz CT molecular complexity index is 1720. The quantitative estimate of drug-likeness (QED) is 0.0571. The van der Waals surface area contributed by atoms with Crippen LogP contribution in [-0.2, 0) is 14.4 Å². The minimum absolute atomic E-state index is 0.00946. The number of ether oxygens (including phenoxy) is 4. The number of amides is 1. The number of nitrogens with zero attached hydrogens (tertiary/aromatic N) is 2. The van der Waals surface area contributed by atoms with Gasteiger partial charge in [0.25, 0.3) is 0 Å². The molecule has 2 saturated carbocycles. The maximum atomic E-state index is 14.3. The summed E-state index contributed by atoms with van der Waals surface area (Å²) in [6.07, 6.45) is 12.5. The zero-order chi connectivity index (χ0) is 39.0. The van der Waals surface area contributed by atoms with Gasteiger partial charge in [0, 0.05) is 43.6 Å². The van der Waals surface area contributed by atoms with Crippen LogP contribution in [0, 0.1) is 23.7 Å². The second-order valence-corrected chi connectivity index (χ2v) is 15.1. The van der Waals surface area contributed by atoms with Gasteiger partial charge in [-0.2, -0.15) is 0 Å². The highest BCUT2D eigenvalue weighted by molar-refractivity contribution is 6.03. The van der Waals surface area contributed by atoms with Gasteiger partial charge in [-0.3, -0.25) is 9.59 Å². The summed E-state index contributed by atoms with van der Waals surface area (Å²) >= 11 is 0. The number of carbonyl (C=O) groups is 2. The summed E-state index contributed by atoms with van der Waals surface area (Å²) in [6.45, 7) is 9.41. The highest BCUT2D eigenvalue weighted by atomic mass is 16.7. The van der Waals surface area contributed by atoms with E-state index in [0.29, 0.717) is 61.0 Å². The Balaban J connectivity index is 1.57. The third-order valence-electron chi connectivity index (χ3n) is 11.6. The number of hydrogen-bond donors (Lipinski definition) is 2. The number of fused-ring (bicyclic) bond motifs is 2. The lowest BCUT2D eigenvalue weighted by molar-refractivity contribution is -0.257. The van der Waals surface area contributed by atoms with Crippen molar-refractivity contribution in [1.29, 1.82) is 0 Å². The van der Waals surface area contributed by atoms with Crippen molar-refractivity contribution in [3.63, 3.8) is 0 Å². The Labute approximate surface area is 325 Å². The van der Waals surface area contributed by atoms with E-state index in [1.807, 2.05) is 30.0 Å². The van der Waals surface area contributed by atoms with Crippen LogP contribution in [0.4, 0.5) is 0 Å². The van der Waals surface area contributed by atoms with Crippen molar-refractivity contribution in [2.45, 2.75) is 95.8 Å². The number of aliphatic hydroxyl groups is 2. The van der Waals surface area contributed by atoms with Crippen LogP contribution in [0.5, 0.6) is 23.0 Å². The van der Waals surface area contributed by atoms with E-state index in [9.17, 15) is 19.8 Å². The van der Waals surface area contributed by atoms with Crippen molar-refractivity contribution >= 4 is 17.9 Å². The molecule has 6 atom stereocenters. The molecule has 11 heteroatoms. The molecule has 2 N–H and O–H groups in total. The monoisotopic (exact) mass is 758 g/mol. The number of benzene rings is 2. The number of oxime groups is 1. The molecule has 0 aromatic heterocycles. The largest absolute Gasteiger partial charge is 0.496 e. The molecule has 0 bridgehead atoms. The molecule has 0 spiro atoms. The molecule has 11 nitrogen and oxygen atoms in total. The summed E-state index contributed by atoms with van der Waals surface area (Å²) < 4.78 is 26.1. The van der Waals surface area contributed by atoms with Crippen LogP contribution in [-0.4, -0.2) is 84.9 Å². The number of hydrogen-bond acceptors (Lipinski definition) is 10. The summed E-state index contributed by atoms with van der Waals surface area (Å²) in [7, 11) is 1.52. The Morgan fingerprint density at radius 3 is 2.47 bits per heavy atom. The fourth-order valence-electron chi connectivity index (χ4n) is 9.08. The fourth-order valence-corrected chi connectivity index (χ4v) is 9.08. The van der Waals surface area contributed by atoms with Crippen LogP contribution in [0.3, 0.4) is 0 Å². The molecule has 298 valence electrons. The van der Waals surface area contributed by atoms with Crippen LogP contribution < -0.4 is 14.2 Å². The minimum atomic E-state index is -1.27. The SMILES string of the molecule is C=CCO[C@@]12Oc3ccc(Oc4ccc(OC)c(C=O)c4)cc3[C@H]3[C@H](CCCCO)[C@@H](CCCCO)C=C(C(=NOCC)C[C@@H]1N(CCC)C(=O)C1CC1)[C@H]32. The molecule has 1 aliphatic heterocycles. The van der Waals surface area contributed by atoms with E-state index < -0.39 is 11.8 Å². The molecule has 0 unspecified atom stereocenters. The molecular formula is C44H58N2O9. The molecule has 1 heterocycles. The van der Waals surface area contributed by atoms with E-state index in [1.54, 1.807) is 24.3 Å². The Morgan fingerprint density at radius 1 is 1.05 bits per heavy atom. The third-order valence-corrected chi connectivity index (χ3v) is 11.6. The van der Waals surface area contributed by atoms with Gasteiger partial charge in [0.05, 0.1) is 30.9 Å². The number of unbranched alkanes of at least 4 members (excludes halogenated alkanes) is 2. The Kier molecular flexibility index (Phi) is 13.7. The molecular weight excluding hydrogens is 700 g/mol. The van der Waals surface area contributed by atoms with Crippen molar-refractivity contribution < 1.29 is 43.6 Å². The summed E-state index contributed by atoms with van der Waals surface area (Å²) in [5.74, 6) is 0.712. The van der Waals surface area contributed by atoms with Crippen molar-refractivity contribution in [3.8, 4) is 23.0 Å². The molecule has 6 rings (SSSR count). The predicted molar refractivity (Wildman–Crippen MR) is 210 cm³/mol. The third kappa shape index (κ3) is 8.49. The molecule has 2 fully saturated rings. The first kappa shape index (κ1) is 40.5. The molecule has 0 radical (unpaired) electrons. The van der Waals surface area contributed by atoms with Crippen molar-refractivity contribution in [2.24, 2.45) is 28.8 Å². The highest BCUT2D eigenvalue weighted by Crippen LogP contribution is 2.62. The van der Waals surface area contributed by atoms with Gasteiger partial charge in [-0.05, 0) is 106 Å². The number of aliphatic hydroxyl groups excluding tert-OH is 2. The van der Waals surface area contributed by atoms with E-state index in [-0.39, 0.29) is 55.3 Å². The average Bonchev–Trinajstić information content (AvgIpc) is 4.06. The molecule has 4 aliphatic rings. The molecule has 2 aromatic rings. The van der Waals surface area contributed by atoms with E-state index in [1.165, 1.54) is 7.11 Å². The summed E-state index contributed by atoms with van der Waals surface area (Å²) in [5.41, 5.74) is 3.14. The fraction of sp³-hybridized carbons (Fsp3) is 0.568. The Morgan fingerprint density at radius 2 is 1.80 bits per heavy atom. The lowest BCUT2D eigenvalue weighted by Crippen LogP contribution is -2.70. The minimum Gasteiger partial charge on any atom is -0.496 e. The molecule has 3 aliphatic carbocycles. The highest BCUT2D eigenvalue weighted by Gasteiger charge is 2.65. The topological polar surface area (TPSA) is 136 Å². The molecule has 1 amide bonds. The number of aldehydes is 1. The summed E-state index contributed by atoms with van der Waals surface area (Å²) in [6, 6.07) is 10.5.